The molecule has 4 rings (SSSR count). The molecule has 0 unspecified atom stereocenters. The van der Waals surface area contributed by atoms with Crippen molar-refractivity contribution in [3.05, 3.63) is 53.6 Å². The Morgan fingerprint density at radius 2 is 1.30 bits per heavy atom. The molecule has 0 saturated carbocycles. The van der Waals surface area contributed by atoms with Crippen LogP contribution in [-0.4, -0.2) is 57.5 Å². The Balaban J connectivity index is 1.57. The molecule has 2 heterocycles. The molecule has 0 spiro atoms. The molecule has 2 saturated heterocycles. The van der Waals surface area contributed by atoms with Crippen LogP contribution in [0.15, 0.2) is 52.3 Å². The smallest absolute Gasteiger partial charge is 0.255 e. The van der Waals surface area contributed by atoms with E-state index in [9.17, 15) is 21.6 Å². The molecule has 2 aliphatic heterocycles. The lowest BCUT2D eigenvalue weighted by Gasteiger charge is -2.26. The van der Waals surface area contributed by atoms with E-state index in [1.54, 1.807) is 31.2 Å². The summed E-state index contributed by atoms with van der Waals surface area (Å²) in [6.45, 7) is 3.74. The van der Waals surface area contributed by atoms with E-state index in [4.69, 9.17) is 0 Å². The van der Waals surface area contributed by atoms with Gasteiger partial charge in [-0.2, -0.15) is 8.61 Å². The van der Waals surface area contributed by atoms with Crippen molar-refractivity contribution in [2.75, 3.05) is 31.5 Å². The van der Waals surface area contributed by atoms with E-state index in [1.165, 1.54) is 26.8 Å². The van der Waals surface area contributed by atoms with Gasteiger partial charge in [-0.1, -0.05) is 18.6 Å². The fraction of sp³-hybridized carbons (Fsp3) is 0.435. The van der Waals surface area contributed by atoms with Gasteiger partial charge in [-0.05, 0) is 68.5 Å². The molecule has 0 atom stereocenters. The summed E-state index contributed by atoms with van der Waals surface area (Å²) in [5.74, 6) is -0.496. The topological polar surface area (TPSA) is 104 Å². The number of piperidine rings is 1. The third-order valence-corrected chi connectivity index (χ3v) is 10.00. The van der Waals surface area contributed by atoms with Gasteiger partial charge in [-0.25, -0.2) is 16.8 Å². The van der Waals surface area contributed by atoms with E-state index in [-0.39, 0.29) is 15.4 Å². The van der Waals surface area contributed by atoms with E-state index in [0.717, 1.165) is 32.1 Å². The fourth-order valence-corrected chi connectivity index (χ4v) is 7.33. The molecule has 2 aromatic carbocycles. The number of hydrogen-bond donors (Lipinski definition) is 1. The third kappa shape index (κ3) is 4.98. The normalized spacial score (nSPS) is 18.3. The van der Waals surface area contributed by atoms with Crippen LogP contribution in [0.25, 0.3) is 0 Å². The van der Waals surface area contributed by atoms with Crippen LogP contribution in [0, 0.1) is 6.92 Å². The molecule has 2 aromatic rings. The number of carbonyl (C=O) groups is 1. The maximum absolute atomic E-state index is 13.0. The van der Waals surface area contributed by atoms with Crippen molar-refractivity contribution in [3.8, 4) is 0 Å². The average molecular weight is 492 g/mol. The third-order valence-electron chi connectivity index (χ3n) is 6.21. The number of hydrogen-bond acceptors (Lipinski definition) is 5. The summed E-state index contributed by atoms with van der Waals surface area (Å²) in [4.78, 5) is 13.2. The quantitative estimate of drug-likeness (QED) is 0.668. The molecule has 2 fully saturated rings. The molecule has 0 aliphatic carbocycles. The van der Waals surface area contributed by atoms with Gasteiger partial charge in [0.1, 0.15) is 0 Å². The minimum atomic E-state index is -3.65. The van der Waals surface area contributed by atoms with Crippen molar-refractivity contribution in [2.24, 2.45) is 0 Å². The molecule has 2 aliphatic rings. The van der Waals surface area contributed by atoms with Crippen LogP contribution >= 0.6 is 0 Å². The summed E-state index contributed by atoms with van der Waals surface area (Å²) in [5.41, 5.74) is 1.28. The molecule has 0 bridgehead atoms. The molecular formula is C23H29N3O5S2. The average Bonchev–Trinajstić information content (AvgIpc) is 3.37. The number of rotatable bonds is 6. The Kier molecular flexibility index (Phi) is 6.90. The molecular weight excluding hydrogens is 462 g/mol. The van der Waals surface area contributed by atoms with Gasteiger partial charge in [0.15, 0.2) is 0 Å². The zero-order chi connectivity index (χ0) is 23.6. The largest absolute Gasteiger partial charge is 0.322 e. The van der Waals surface area contributed by atoms with Crippen LogP contribution in [0.3, 0.4) is 0 Å². The fourth-order valence-electron chi connectivity index (χ4n) is 4.22. The van der Waals surface area contributed by atoms with Gasteiger partial charge in [-0.15, -0.1) is 0 Å². The second kappa shape index (κ2) is 9.54. The van der Waals surface area contributed by atoms with Crippen molar-refractivity contribution in [3.63, 3.8) is 0 Å². The number of nitrogens with zero attached hydrogens (tertiary/aromatic N) is 2. The van der Waals surface area contributed by atoms with Gasteiger partial charge in [0.2, 0.25) is 20.0 Å². The minimum absolute atomic E-state index is 0.0789. The van der Waals surface area contributed by atoms with Crippen molar-refractivity contribution in [1.82, 2.24) is 8.61 Å². The van der Waals surface area contributed by atoms with Crippen molar-refractivity contribution in [1.29, 1.82) is 0 Å². The Morgan fingerprint density at radius 1 is 0.758 bits per heavy atom. The first-order valence-corrected chi connectivity index (χ1v) is 14.1. The van der Waals surface area contributed by atoms with Gasteiger partial charge in [-0.3, -0.25) is 4.79 Å². The van der Waals surface area contributed by atoms with Crippen LogP contribution in [-0.2, 0) is 20.0 Å². The Labute approximate surface area is 195 Å². The second-order valence-electron chi connectivity index (χ2n) is 8.53. The summed E-state index contributed by atoms with van der Waals surface area (Å²) in [7, 11) is -7.29. The highest BCUT2D eigenvalue weighted by molar-refractivity contribution is 7.89. The van der Waals surface area contributed by atoms with E-state index in [0.29, 0.717) is 37.4 Å². The van der Waals surface area contributed by atoms with Crippen molar-refractivity contribution in [2.45, 2.75) is 48.8 Å². The van der Waals surface area contributed by atoms with Crippen LogP contribution < -0.4 is 5.32 Å². The standard InChI is InChI=1S/C23H29N3O5S2/c1-18-10-11-21(33(30,31)25-12-3-2-4-13-25)17-22(18)24-23(27)19-8-7-9-20(16-19)32(28,29)26-14-5-6-15-26/h7-11,16-17H,2-6,12-15H2,1H3,(H,24,27). The monoisotopic (exact) mass is 491 g/mol. The lowest BCUT2D eigenvalue weighted by Crippen LogP contribution is -2.35. The first-order valence-electron chi connectivity index (χ1n) is 11.2. The molecule has 8 nitrogen and oxygen atoms in total. The van der Waals surface area contributed by atoms with Crippen molar-refractivity contribution < 1.29 is 21.6 Å². The highest BCUT2D eigenvalue weighted by Gasteiger charge is 2.28. The van der Waals surface area contributed by atoms with E-state index in [2.05, 4.69) is 5.32 Å². The van der Waals surface area contributed by atoms with Crippen LogP contribution in [0.2, 0.25) is 0 Å². The Bertz CT molecular complexity index is 1250. The molecule has 1 N–H and O–H groups in total. The second-order valence-corrected chi connectivity index (χ2v) is 12.4. The summed E-state index contributed by atoms with van der Waals surface area (Å²) < 4.78 is 54.7. The number of aryl methyl sites for hydroxylation is 1. The highest BCUT2D eigenvalue weighted by atomic mass is 32.2. The van der Waals surface area contributed by atoms with E-state index < -0.39 is 26.0 Å². The number of carbonyl (C=O) groups excluding carboxylic acids is 1. The van der Waals surface area contributed by atoms with Gasteiger partial charge in [0.25, 0.3) is 5.91 Å². The SMILES string of the molecule is Cc1ccc(S(=O)(=O)N2CCCCC2)cc1NC(=O)c1cccc(S(=O)(=O)N2CCCC2)c1. The molecule has 178 valence electrons. The number of amides is 1. The highest BCUT2D eigenvalue weighted by Crippen LogP contribution is 2.26. The zero-order valence-electron chi connectivity index (χ0n) is 18.7. The zero-order valence-corrected chi connectivity index (χ0v) is 20.3. The van der Waals surface area contributed by atoms with Gasteiger partial charge >= 0.3 is 0 Å². The maximum Gasteiger partial charge on any atom is 0.255 e. The first kappa shape index (κ1) is 23.9. The molecule has 10 heteroatoms. The summed E-state index contributed by atoms with van der Waals surface area (Å²) in [5, 5.41) is 2.76. The maximum atomic E-state index is 13.0. The van der Waals surface area contributed by atoms with Crippen LogP contribution in [0.4, 0.5) is 5.69 Å². The number of sulfonamides is 2. The van der Waals surface area contributed by atoms with Crippen molar-refractivity contribution >= 4 is 31.6 Å². The van der Waals surface area contributed by atoms with E-state index in [1.807, 2.05) is 0 Å². The predicted molar refractivity (Wildman–Crippen MR) is 126 cm³/mol. The number of benzene rings is 2. The predicted octanol–water partition coefficient (Wildman–Crippen LogP) is 3.21. The molecule has 0 aromatic heterocycles. The van der Waals surface area contributed by atoms with Gasteiger partial charge in [0, 0.05) is 37.4 Å². The lowest BCUT2D eigenvalue weighted by atomic mass is 10.1. The molecule has 33 heavy (non-hydrogen) atoms. The van der Waals surface area contributed by atoms with Gasteiger partial charge < -0.3 is 5.32 Å². The molecule has 1 amide bonds. The summed E-state index contributed by atoms with van der Waals surface area (Å²) >= 11 is 0. The van der Waals surface area contributed by atoms with Crippen LogP contribution in [0.1, 0.15) is 48.0 Å². The van der Waals surface area contributed by atoms with Gasteiger partial charge in [0.05, 0.1) is 9.79 Å². The minimum Gasteiger partial charge on any atom is -0.322 e. The lowest BCUT2D eigenvalue weighted by molar-refractivity contribution is 0.102. The first-order chi connectivity index (χ1) is 15.7. The Morgan fingerprint density at radius 3 is 1.91 bits per heavy atom. The summed E-state index contributed by atoms with van der Waals surface area (Å²) in [6.07, 6.45) is 4.36. The molecule has 0 radical (unpaired) electrons. The summed E-state index contributed by atoms with van der Waals surface area (Å²) in [6, 6.07) is 10.6. The number of anilines is 1. The van der Waals surface area contributed by atoms with E-state index >= 15 is 0 Å². The number of nitrogens with one attached hydrogen (secondary N) is 1. The van der Waals surface area contributed by atoms with Crippen LogP contribution in [0.5, 0.6) is 0 Å². The Hall–Kier alpha value is -2.27.